The standard InChI is InChI=1S/C42H67NO17/c1-2-3-4-5-6-7-8-9-10-11-12-13-14-15-16-17-18-19-20-21-30(47)43-22-23-55-42-39(60-41-37(54)35(52)32(49)28(25-45)57-41)38(33(50)29(26-46)58-42)59-40-36(53)34(51)31(48)27(24-44)56-40/h3-4,6-7,9-10,12-13,15-16,18-19,27-29,31-42,44-46,48-54H,2,5,8,11,14,17,20-26H2,1H3,(H,43,47)/b4-3-,7-6-,10-9-,13-12-,16-15-,19-18-/t27-,28-,29-,31-,32-,33-,34+,35+,36-,37-,38+,39-,40+,41+,42-/m1/s1. The number of ether oxygens (including phenoxy) is 6. The topological polar surface area (TPSA) is 287 Å². The molecule has 3 saturated heterocycles. The first-order valence-electron chi connectivity index (χ1n) is 20.6. The summed E-state index contributed by atoms with van der Waals surface area (Å²) >= 11 is 0. The van der Waals surface area contributed by atoms with Crippen molar-refractivity contribution in [2.24, 2.45) is 0 Å². The third kappa shape index (κ3) is 16.5. The van der Waals surface area contributed by atoms with E-state index < -0.39 is 112 Å². The minimum absolute atomic E-state index is 0.0280. The van der Waals surface area contributed by atoms with Crippen LogP contribution in [0.3, 0.4) is 0 Å². The molecule has 0 aromatic heterocycles. The highest BCUT2D eigenvalue weighted by molar-refractivity contribution is 5.75. The van der Waals surface area contributed by atoms with Crippen molar-refractivity contribution in [3.8, 4) is 0 Å². The number of allylic oxidation sites excluding steroid dienone is 12. The fraction of sp³-hybridized carbons (Fsp3) is 0.690. The van der Waals surface area contributed by atoms with E-state index in [1.54, 1.807) is 0 Å². The Labute approximate surface area is 351 Å². The molecule has 0 aliphatic carbocycles. The molecule has 0 saturated carbocycles. The van der Waals surface area contributed by atoms with Crippen molar-refractivity contribution < 1.29 is 84.3 Å². The molecule has 0 aromatic carbocycles. The number of aliphatic hydroxyl groups excluding tert-OH is 10. The number of amides is 1. The first kappa shape index (κ1) is 51.6. The molecule has 0 aromatic rings. The van der Waals surface area contributed by atoms with Crippen LogP contribution in [-0.4, -0.2) is 182 Å². The molecule has 0 radical (unpaired) electrons. The van der Waals surface area contributed by atoms with Crippen LogP contribution in [0.4, 0.5) is 0 Å². The van der Waals surface area contributed by atoms with E-state index in [0.717, 1.165) is 38.5 Å². The van der Waals surface area contributed by atoms with E-state index in [2.05, 4.69) is 66.9 Å². The van der Waals surface area contributed by atoms with Crippen LogP contribution in [0.25, 0.3) is 0 Å². The number of hydrogen-bond acceptors (Lipinski definition) is 17. The van der Waals surface area contributed by atoms with Crippen LogP contribution in [0.1, 0.15) is 58.3 Å². The SMILES string of the molecule is CC/C=C\C/C=C\C/C=C\C/C=C\C/C=C\C/C=C\CCC(=O)NCCO[C@@H]1O[C@H](CO)[C@@H](O)[C@H](O[C@@H]2O[C@H](CO)[C@@H](O)[C@H](O)[C@H]2O)[C@H]1O[C@@H]1O[C@H](CO)[C@@H](O)[C@H](O)[C@H]1O. The van der Waals surface area contributed by atoms with Crippen LogP contribution in [0.2, 0.25) is 0 Å². The normalized spacial score (nSPS) is 35.6. The average Bonchev–Trinajstić information content (AvgIpc) is 3.24. The molecule has 3 heterocycles. The van der Waals surface area contributed by atoms with Gasteiger partial charge in [0.05, 0.1) is 26.4 Å². The van der Waals surface area contributed by atoms with E-state index in [9.17, 15) is 55.9 Å². The lowest BCUT2D eigenvalue weighted by atomic mass is 9.96. The number of carbonyl (C=O) groups excluding carboxylic acids is 1. The molecule has 11 N–H and O–H groups in total. The van der Waals surface area contributed by atoms with Gasteiger partial charge in [-0.3, -0.25) is 4.79 Å². The van der Waals surface area contributed by atoms with Gasteiger partial charge in [-0.15, -0.1) is 0 Å². The Hall–Kier alpha value is -2.73. The summed E-state index contributed by atoms with van der Waals surface area (Å²) in [5, 5.41) is 106. The van der Waals surface area contributed by atoms with Gasteiger partial charge >= 0.3 is 0 Å². The van der Waals surface area contributed by atoms with E-state index >= 15 is 0 Å². The maximum atomic E-state index is 12.5. The van der Waals surface area contributed by atoms with Crippen molar-refractivity contribution in [2.75, 3.05) is 33.0 Å². The second-order valence-electron chi connectivity index (χ2n) is 14.5. The lowest BCUT2D eigenvalue weighted by molar-refractivity contribution is -0.391. The first-order valence-corrected chi connectivity index (χ1v) is 20.6. The van der Waals surface area contributed by atoms with Gasteiger partial charge in [0.1, 0.15) is 73.2 Å². The molecular weight excluding hydrogens is 790 g/mol. The summed E-state index contributed by atoms with van der Waals surface area (Å²) in [6.07, 6.45) is 5.82. The van der Waals surface area contributed by atoms with Crippen LogP contribution < -0.4 is 5.32 Å². The molecule has 342 valence electrons. The lowest BCUT2D eigenvalue weighted by Crippen LogP contribution is -2.67. The zero-order chi connectivity index (χ0) is 43.9. The molecule has 3 aliphatic heterocycles. The number of aliphatic hydroxyl groups is 10. The molecule has 3 rings (SSSR count). The zero-order valence-electron chi connectivity index (χ0n) is 34.1. The van der Waals surface area contributed by atoms with Crippen molar-refractivity contribution >= 4 is 5.91 Å². The molecule has 3 aliphatic rings. The summed E-state index contributed by atoms with van der Waals surface area (Å²) in [4.78, 5) is 12.5. The predicted molar refractivity (Wildman–Crippen MR) is 215 cm³/mol. The molecular formula is C42H67NO17. The quantitative estimate of drug-likeness (QED) is 0.0390. The maximum absolute atomic E-state index is 12.5. The van der Waals surface area contributed by atoms with Gasteiger partial charge in [-0.25, -0.2) is 0 Å². The molecule has 18 nitrogen and oxygen atoms in total. The summed E-state index contributed by atoms with van der Waals surface area (Å²) in [6.45, 7) is -0.482. The summed E-state index contributed by atoms with van der Waals surface area (Å²) in [5.74, 6) is -0.274. The Morgan fingerprint density at radius 3 is 1.37 bits per heavy atom. The molecule has 0 spiro atoms. The first-order chi connectivity index (χ1) is 29.0. The number of nitrogens with one attached hydrogen (secondary N) is 1. The third-order valence-electron chi connectivity index (χ3n) is 9.92. The van der Waals surface area contributed by atoms with E-state index in [1.807, 2.05) is 18.2 Å². The Kier molecular flexibility index (Phi) is 24.8. The molecule has 18 heteroatoms. The highest BCUT2D eigenvalue weighted by Crippen LogP contribution is 2.33. The minimum atomic E-state index is -1.92. The average molecular weight is 858 g/mol. The van der Waals surface area contributed by atoms with Crippen LogP contribution in [0, 0.1) is 0 Å². The van der Waals surface area contributed by atoms with Gasteiger partial charge < -0.3 is 84.8 Å². The second kappa shape index (κ2) is 28.8. The van der Waals surface area contributed by atoms with Crippen molar-refractivity contribution in [1.29, 1.82) is 0 Å². The van der Waals surface area contributed by atoms with Crippen LogP contribution in [0.15, 0.2) is 72.9 Å². The van der Waals surface area contributed by atoms with Crippen LogP contribution in [0.5, 0.6) is 0 Å². The second-order valence-corrected chi connectivity index (χ2v) is 14.5. The molecule has 1 amide bonds. The number of rotatable bonds is 25. The van der Waals surface area contributed by atoms with Crippen LogP contribution in [-0.2, 0) is 33.2 Å². The van der Waals surface area contributed by atoms with Crippen molar-refractivity contribution in [3.63, 3.8) is 0 Å². The van der Waals surface area contributed by atoms with Crippen molar-refractivity contribution in [1.82, 2.24) is 5.32 Å². The smallest absolute Gasteiger partial charge is 0.220 e. The highest BCUT2D eigenvalue weighted by atomic mass is 16.8. The van der Waals surface area contributed by atoms with E-state index in [4.69, 9.17) is 28.4 Å². The minimum Gasteiger partial charge on any atom is -0.394 e. The Morgan fingerprint density at radius 1 is 0.517 bits per heavy atom. The fourth-order valence-corrected chi connectivity index (χ4v) is 6.45. The van der Waals surface area contributed by atoms with Gasteiger partial charge in [0.25, 0.3) is 0 Å². The van der Waals surface area contributed by atoms with Gasteiger partial charge in [0.15, 0.2) is 18.9 Å². The third-order valence-corrected chi connectivity index (χ3v) is 9.92. The molecule has 3 fully saturated rings. The molecule has 15 atom stereocenters. The Bertz CT molecular complexity index is 1370. The fourth-order valence-electron chi connectivity index (χ4n) is 6.45. The Morgan fingerprint density at radius 2 is 0.917 bits per heavy atom. The summed E-state index contributed by atoms with van der Waals surface area (Å²) < 4.78 is 34.3. The number of carbonyl (C=O) groups is 1. The predicted octanol–water partition coefficient (Wildman–Crippen LogP) is -0.955. The molecule has 0 bridgehead atoms. The summed E-state index contributed by atoms with van der Waals surface area (Å²) in [7, 11) is 0. The van der Waals surface area contributed by atoms with Gasteiger partial charge in [0.2, 0.25) is 5.91 Å². The largest absolute Gasteiger partial charge is 0.394 e. The summed E-state index contributed by atoms with van der Waals surface area (Å²) in [6, 6.07) is 0. The monoisotopic (exact) mass is 857 g/mol. The van der Waals surface area contributed by atoms with Gasteiger partial charge in [-0.1, -0.05) is 79.8 Å². The van der Waals surface area contributed by atoms with E-state index in [-0.39, 0.29) is 25.5 Å². The Balaban J connectivity index is 1.50. The highest BCUT2D eigenvalue weighted by Gasteiger charge is 2.54. The van der Waals surface area contributed by atoms with E-state index in [1.165, 1.54) is 0 Å². The van der Waals surface area contributed by atoms with E-state index in [0.29, 0.717) is 6.42 Å². The molecule has 0 unspecified atom stereocenters. The van der Waals surface area contributed by atoms with Gasteiger partial charge in [-0.2, -0.15) is 0 Å². The van der Waals surface area contributed by atoms with Crippen LogP contribution >= 0.6 is 0 Å². The molecule has 60 heavy (non-hydrogen) atoms. The number of hydrogen-bond donors (Lipinski definition) is 11. The van der Waals surface area contributed by atoms with Crippen molar-refractivity contribution in [3.05, 3.63) is 72.9 Å². The van der Waals surface area contributed by atoms with Crippen molar-refractivity contribution in [2.45, 2.75) is 150 Å². The van der Waals surface area contributed by atoms with Gasteiger partial charge in [-0.05, 0) is 44.9 Å². The summed E-state index contributed by atoms with van der Waals surface area (Å²) in [5.41, 5.74) is 0. The maximum Gasteiger partial charge on any atom is 0.220 e. The van der Waals surface area contributed by atoms with Gasteiger partial charge in [0, 0.05) is 13.0 Å². The lowest BCUT2D eigenvalue weighted by Gasteiger charge is -2.49. The zero-order valence-corrected chi connectivity index (χ0v) is 34.1.